The van der Waals surface area contributed by atoms with Gasteiger partial charge in [-0.3, -0.25) is 38.4 Å². The lowest BCUT2D eigenvalue weighted by atomic mass is 9.78. The first-order valence-corrected chi connectivity index (χ1v) is 29.3. The zero-order valence-corrected chi connectivity index (χ0v) is 52.1. The summed E-state index contributed by atoms with van der Waals surface area (Å²) in [5, 5.41) is 20.1. The Balaban J connectivity index is 1.61. The van der Waals surface area contributed by atoms with Gasteiger partial charge in [-0.05, 0) is 96.2 Å². The topological polar surface area (TPSA) is 254 Å². The van der Waals surface area contributed by atoms with Crippen molar-refractivity contribution in [1.82, 2.24) is 40.4 Å². The third-order valence-electron chi connectivity index (χ3n) is 17.2. The summed E-state index contributed by atoms with van der Waals surface area (Å²) in [6, 6.07) is 8.64. The fourth-order valence-electron chi connectivity index (χ4n) is 10.7. The van der Waals surface area contributed by atoms with Crippen molar-refractivity contribution in [2.24, 2.45) is 23.7 Å². The number of ether oxygens (including phenoxy) is 1. The third kappa shape index (κ3) is 16.5. The maximum absolute atomic E-state index is 15.3. The number of hydrogen-bond acceptors (Lipinski definition) is 13. The van der Waals surface area contributed by atoms with E-state index in [1.165, 1.54) is 63.7 Å². The van der Waals surface area contributed by atoms with Crippen LogP contribution in [0.25, 0.3) is 0 Å². The lowest BCUT2D eigenvalue weighted by Gasteiger charge is -2.38. The van der Waals surface area contributed by atoms with Gasteiger partial charge in [0.2, 0.25) is 41.4 Å². The molecule has 2 aromatic rings. The minimum Gasteiger partial charge on any atom is -0.450 e. The molecule has 3 saturated heterocycles. The molecule has 4 N–H and O–H groups in total. The second kappa shape index (κ2) is 28.0. The van der Waals surface area contributed by atoms with E-state index >= 15 is 9.59 Å². The van der Waals surface area contributed by atoms with E-state index in [0.29, 0.717) is 29.4 Å². The average Bonchev–Trinajstić information content (AvgIpc) is 2.91. The Morgan fingerprint density at radius 1 is 0.687 bits per heavy atom. The molecule has 458 valence electrons. The molecule has 10 atom stereocenters. The largest absolute Gasteiger partial charge is 0.494 e. The van der Waals surface area contributed by atoms with Crippen molar-refractivity contribution in [2.75, 3.05) is 47.8 Å². The molecule has 0 aromatic heterocycles. The second-order valence-electron chi connectivity index (χ2n) is 25.2. The van der Waals surface area contributed by atoms with Gasteiger partial charge in [0.25, 0.3) is 5.91 Å². The molecule has 5 unspecified atom stereocenters. The van der Waals surface area contributed by atoms with Gasteiger partial charge in [0, 0.05) is 60.0 Å². The fourth-order valence-corrected chi connectivity index (χ4v) is 10.7. The number of likely N-dealkylation sites (N-methyl/N-ethyl adjacent to an activating group) is 4. The normalized spacial score (nSPS) is 27.0. The molecular formula is C61H93BN8O13. The maximum Gasteiger partial charge on any atom is 0.494 e. The Hall–Kier alpha value is -6.39. The van der Waals surface area contributed by atoms with E-state index in [0.717, 1.165) is 9.80 Å². The Labute approximate surface area is 491 Å². The highest BCUT2D eigenvalue weighted by Gasteiger charge is 2.52. The van der Waals surface area contributed by atoms with E-state index in [1.54, 1.807) is 45.0 Å². The molecule has 3 aliphatic heterocycles. The summed E-state index contributed by atoms with van der Waals surface area (Å²) in [6.45, 7) is 22.2. The standard InChI is InChI=1S/C61H93BN8O13/c1-18-37(5)48-56(77)67(15)39(7)51(72)64-44(30-36(3)4)54(75)69(17)50(59(8,9)80)58(79)81-49(38(6)19-2)57(78)66(14)35-47(71)63-45(32-40-24-21-20-22-25-40)53(74)68(16)46(55(76)70-29-28-42(34-70)52(73)65-48)33-41-26-23-27-43(31-41)62-82-60(10,11)61(12,13)83-62/h20-27,31,36-39,42,44-46,48-50,80H,18-19,28-30,32-35H2,1-17H3,(H,63,71)(H,64,72)(H,65,73)/t37?,38-,39+,42-,44?,45+,46+,48?,49?,50?/m1/s1. The molecule has 21 nitrogen and oxygen atoms in total. The van der Waals surface area contributed by atoms with E-state index in [-0.39, 0.29) is 44.7 Å². The number of fused-ring (bicyclic) bond motifs is 2. The minimum absolute atomic E-state index is 0.0000762. The summed E-state index contributed by atoms with van der Waals surface area (Å²) in [5.41, 5.74) is -1.21. The average molecular weight is 1160 g/mol. The molecule has 3 fully saturated rings. The zero-order chi connectivity index (χ0) is 62.2. The summed E-state index contributed by atoms with van der Waals surface area (Å²) in [6.07, 6.45) is -0.408. The Morgan fingerprint density at radius 3 is 1.86 bits per heavy atom. The van der Waals surface area contributed by atoms with E-state index in [1.807, 2.05) is 78.8 Å². The van der Waals surface area contributed by atoms with Crippen LogP contribution in [0.4, 0.5) is 0 Å². The monoisotopic (exact) mass is 1160 g/mol. The highest BCUT2D eigenvalue weighted by atomic mass is 16.7. The molecule has 22 heteroatoms. The van der Waals surface area contributed by atoms with Gasteiger partial charge < -0.3 is 59.6 Å². The number of cyclic esters (lactones) is 1. The molecule has 0 aliphatic carbocycles. The first-order valence-electron chi connectivity index (χ1n) is 29.3. The highest BCUT2D eigenvalue weighted by Crippen LogP contribution is 2.37. The Bertz CT molecular complexity index is 2650. The predicted octanol–water partition coefficient (Wildman–Crippen LogP) is 2.87. The van der Waals surface area contributed by atoms with Gasteiger partial charge in [-0.15, -0.1) is 0 Å². The van der Waals surface area contributed by atoms with Crippen LogP contribution in [0.5, 0.6) is 0 Å². The third-order valence-corrected chi connectivity index (χ3v) is 17.2. The fraction of sp³-hybridized carbons (Fsp3) is 0.656. The molecule has 2 bridgehead atoms. The molecule has 3 heterocycles. The van der Waals surface area contributed by atoms with Crippen molar-refractivity contribution >= 4 is 65.8 Å². The van der Waals surface area contributed by atoms with Crippen molar-refractivity contribution in [3.63, 3.8) is 0 Å². The van der Waals surface area contributed by atoms with Crippen molar-refractivity contribution in [1.29, 1.82) is 0 Å². The van der Waals surface area contributed by atoms with E-state index in [2.05, 4.69) is 16.0 Å². The molecule has 0 spiro atoms. The van der Waals surface area contributed by atoms with Gasteiger partial charge in [-0.1, -0.05) is 103 Å². The second-order valence-corrected chi connectivity index (χ2v) is 25.2. The number of aliphatic hydroxyl groups is 1. The molecule has 0 saturated carbocycles. The van der Waals surface area contributed by atoms with Gasteiger partial charge in [-0.25, -0.2) is 4.79 Å². The van der Waals surface area contributed by atoms with Crippen LogP contribution in [-0.4, -0.2) is 197 Å². The summed E-state index contributed by atoms with van der Waals surface area (Å²) < 4.78 is 18.7. The number of benzene rings is 2. The number of hydrogen-bond donors (Lipinski definition) is 4. The van der Waals surface area contributed by atoms with Crippen molar-refractivity contribution in [2.45, 2.75) is 188 Å². The van der Waals surface area contributed by atoms with E-state index < -0.39 is 144 Å². The predicted molar refractivity (Wildman–Crippen MR) is 314 cm³/mol. The number of nitrogens with zero attached hydrogens (tertiary/aromatic N) is 5. The van der Waals surface area contributed by atoms with E-state index in [9.17, 15) is 38.7 Å². The van der Waals surface area contributed by atoms with E-state index in [4.69, 9.17) is 14.0 Å². The van der Waals surface area contributed by atoms with Crippen LogP contribution >= 0.6 is 0 Å². The van der Waals surface area contributed by atoms with Gasteiger partial charge in [0.05, 0.1) is 29.3 Å². The number of carbonyl (C=O) groups excluding carboxylic acids is 9. The van der Waals surface area contributed by atoms with Crippen LogP contribution in [0.1, 0.15) is 127 Å². The molecule has 3 aliphatic rings. The molecule has 0 radical (unpaired) electrons. The number of amides is 8. The zero-order valence-electron chi connectivity index (χ0n) is 52.1. The maximum atomic E-state index is 15.3. The van der Waals surface area contributed by atoms with Crippen molar-refractivity contribution in [3.05, 3.63) is 65.7 Å². The molecule has 2 aromatic carbocycles. The molecule has 8 amide bonds. The minimum atomic E-state index is -1.97. The quantitative estimate of drug-likeness (QED) is 0.177. The van der Waals surface area contributed by atoms with Crippen LogP contribution in [0.3, 0.4) is 0 Å². The number of carbonyl (C=O) groups is 9. The number of rotatable bonds is 12. The SMILES string of the molecule is CCC(C)C1NC(=O)[C@@H]2CCN(C2)C(=O)[C@H](Cc2cccc(B3OC(C)(C)C(C)(C)O3)c2)N(C)C(=O)[C@H](Cc2ccccc2)NC(=O)CN(C)C(=O)C([C@H](C)CC)OC(=O)C(C(C)(C)O)N(C)C(=O)C(CC(C)C)NC(=O)[C@H](C)N(C)C1=O. The lowest BCUT2D eigenvalue weighted by Crippen LogP contribution is -2.62. The first-order chi connectivity index (χ1) is 38.6. The summed E-state index contributed by atoms with van der Waals surface area (Å²) in [4.78, 5) is 138. The van der Waals surface area contributed by atoms with Crippen LogP contribution < -0.4 is 21.4 Å². The van der Waals surface area contributed by atoms with Crippen LogP contribution in [-0.2, 0) is 70.0 Å². The van der Waals surface area contributed by atoms with Gasteiger partial charge in [0.1, 0.15) is 30.2 Å². The van der Waals surface area contributed by atoms with Gasteiger partial charge in [-0.2, -0.15) is 0 Å². The Morgan fingerprint density at radius 2 is 1.28 bits per heavy atom. The highest BCUT2D eigenvalue weighted by molar-refractivity contribution is 6.62. The van der Waals surface area contributed by atoms with Gasteiger partial charge >= 0.3 is 13.1 Å². The summed E-state index contributed by atoms with van der Waals surface area (Å²) in [5.74, 6) is -8.26. The van der Waals surface area contributed by atoms with Crippen LogP contribution in [0.15, 0.2) is 54.6 Å². The summed E-state index contributed by atoms with van der Waals surface area (Å²) >= 11 is 0. The van der Waals surface area contributed by atoms with Crippen LogP contribution in [0.2, 0.25) is 0 Å². The summed E-state index contributed by atoms with van der Waals surface area (Å²) in [7, 11) is 4.82. The molecule has 83 heavy (non-hydrogen) atoms. The smallest absolute Gasteiger partial charge is 0.450 e. The lowest BCUT2D eigenvalue weighted by molar-refractivity contribution is -0.176. The van der Waals surface area contributed by atoms with Crippen molar-refractivity contribution < 1.29 is 62.3 Å². The molecule has 5 rings (SSSR count). The van der Waals surface area contributed by atoms with Gasteiger partial charge in [0.15, 0.2) is 12.1 Å². The molecular weight excluding hydrogens is 1060 g/mol. The first kappa shape index (κ1) is 67.4. The number of esters is 1. The Kier molecular flexibility index (Phi) is 22.7. The van der Waals surface area contributed by atoms with Crippen molar-refractivity contribution in [3.8, 4) is 0 Å². The van der Waals surface area contributed by atoms with Crippen LogP contribution in [0, 0.1) is 23.7 Å². The number of nitrogens with one attached hydrogen (secondary N) is 3.